The summed E-state index contributed by atoms with van der Waals surface area (Å²) in [7, 11) is 0.750. The van der Waals surface area contributed by atoms with Gasteiger partial charge in [-0.3, -0.25) is 0 Å². The van der Waals surface area contributed by atoms with Gasteiger partial charge in [-0.25, -0.2) is 0 Å². The van der Waals surface area contributed by atoms with Gasteiger partial charge in [0.15, 0.2) is 0 Å². The monoisotopic (exact) mass is 497 g/mol. The third kappa shape index (κ3) is 5.99. The van der Waals surface area contributed by atoms with Crippen molar-refractivity contribution in [2.75, 3.05) is 0 Å². The van der Waals surface area contributed by atoms with E-state index in [1.807, 2.05) is 0 Å². The van der Waals surface area contributed by atoms with E-state index in [1.165, 1.54) is 32.7 Å². The van der Waals surface area contributed by atoms with Gasteiger partial charge in [-0.05, 0) is 0 Å². The molecule has 4 rings (SSSR count). The van der Waals surface area contributed by atoms with Gasteiger partial charge in [0.1, 0.15) is 0 Å². The Kier molecular flexibility index (Phi) is 9.16. The summed E-state index contributed by atoms with van der Waals surface area (Å²) in [6.45, 7) is 8.67. The van der Waals surface area contributed by atoms with Crippen LogP contribution < -0.4 is 0 Å². The van der Waals surface area contributed by atoms with Gasteiger partial charge in [0.05, 0.1) is 0 Å². The quantitative estimate of drug-likeness (QED) is 0.200. The largest absolute Gasteiger partial charge is 0.165 e. The van der Waals surface area contributed by atoms with Crippen molar-refractivity contribution < 1.29 is 25.8 Å². The molecule has 4 aromatic carbocycles. The molecule has 0 saturated carbocycles. The minimum Gasteiger partial charge on any atom is -0.165 e. The third-order valence-electron chi connectivity index (χ3n) is 3.52. The van der Waals surface area contributed by atoms with E-state index in [0.717, 1.165) is 9.52 Å². The average Bonchev–Trinajstić information content (AvgIpc) is 3.08. The van der Waals surface area contributed by atoms with Crippen molar-refractivity contribution in [2.24, 2.45) is 0 Å². The van der Waals surface area contributed by atoms with E-state index in [0.29, 0.717) is 0 Å². The molecule has 4 aromatic rings. The fourth-order valence-electron chi connectivity index (χ4n) is 2.61. The van der Waals surface area contributed by atoms with Crippen molar-refractivity contribution in [1.29, 1.82) is 0 Å². The Morgan fingerprint density at radius 2 is 1.00 bits per heavy atom. The van der Waals surface area contributed by atoms with Gasteiger partial charge in [0, 0.05) is 35.4 Å². The van der Waals surface area contributed by atoms with Gasteiger partial charge < -0.3 is 0 Å². The van der Waals surface area contributed by atoms with Crippen molar-refractivity contribution >= 4 is 31.1 Å². The van der Waals surface area contributed by atoms with E-state index >= 15 is 0 Å². The Morgan fingerprint density at radius 3 is 1.33 bits per heavy atom. The Bertz CT molecular complexity index is 716. The predicted molar refractivity (Wildman–Crippen MR) is 107 cm³/mol. The summed E-state index contributed by atoms with van der Waals surface area (Å²) in [5.41, 5.74) is 2.70. The molecule has 0 aliphatic rings. The van der Waals surface area contributed by atoms with E-state index in [-0.39, 0.29) is 25.8 Å². The van der Waals surface area contributed by atoms with Crippen LogP contribution in [-0.2, 0) is 25.8 Å². The molecule has 0 aliphatic carbocycles. The first-order valence-corrected chi connectivity index (χ1v) is 10.4. The molecule has 0 aliphatic heterocycles. The molecular weight excluding hydrogens is 471 g/mol. The zero-order chi connectivity index (χ0) is 16.7. The molecule has 0 atom stereocenters. The number of hydrogen-bond donors (Lipinski definition) is 0. The Morgan fingerprint density at radius 1 is 0.667 bits per heavy atom. The Hall–Kier alpha value is -1.25. The molecule has 0 unspecified atom stereocenters. The van der Waals surface area contributed by atoms with Crippen LogP contribution in [0, 0.1) is 13.8 Å². The second-order valence-corrected chi connectivity index (χ2v) is 7.06. The fourth-order valence-corrected chi connectivity index (χ4v) is 2.61. The molecule has 0 spiro atoms. The normalized spacial score (nSPS) is 9.50. The van der Waals surface area contributed by atoms with E-state index in [9.17, 15) is 0 Å². The molecular formula is C22H25HfSi-2. The summed E-state index contributed by atoms with van der Waals surface area (Å²) in [4.78, 5) is 0. The summed E-state index contributed by atoms with van der Waals surface area (Å²) in [5, 5.41) is 5.39. The van der Waals surface area contributed by atoms with Crippen molar-refractivity contribution in [3.63, 3.8) is 0 Å². The van der Waals surface area contributed by atoms with Crippen LogP contribution in [0.2, 0.25) is 13.1 Å². The second-order valence-electron chi connectivity index (χ2n) is 5.90. The summed E-state index contributed by atoms with van der Waals surface area (Å²) >= 11 is 0. The third-order valence-corrected chi connectivity index (χ3v) is 3.52. The van der Waals surface area contributed by atoms with Gasteiger partial charge in [0.25, 0.3) is 0 Å². The van der Waals surface area contributed by atoms with E-state index in [2.05, 4.69) is 99.7 Å². The van der Waals surface area contributed by atoms with Crippen LogP contribution in [0.25, 0.3) is 21.5 Å². The first-order chi connectivity index (χ1) is 11.1. The topological polar surface area (TPSA) is 0 Å². The summed E-state index contributed by atoms with van der Waals surface area (Å²) in [6, 6.07) is 25.7. The molecule has 0 N–H and O–H groups in total. The second kappa shape index (κ2) is 10.6. The molecule has 0 nitrogen and oxygen atoms in total. The van der Waals surface area contributed by atoms with Gasteiger partial charge in [-0.1, -0.05) is 39.1 Å². The first-order valence-electron chi connectivity index (χ1n) is 8.12. The number of aryl methyl sites for hydroxylation is 2. The fraction of sp³-hybridized carbons (Fsp3) is 0.182. The number of rotatable bonds is 0. The minimum atomic E-state index is 0. The van der Waals surface area contributed by atoms with Crippen LogP contribution >= 0.6 is 0 Å². The number of benzene rings is 2. The predicted octanol–water partition coefficient (Wildman–Crippen LogP) is 6.25. The Labute approximate surface area is 167 Å². The molecule has 0 fully saturated rings. The first kappa shape index (κ1) is 20.8. The van der Waals surface area contributed by atoms with E-state index < -0.39 is 0 Å². The van der Waals surface area contributed by atoms with Crippen LogP contribution in [0.4, 0.5) is 0 Å². The van der Waals surface area contributed by atoms with Gasteiger partial charge in [0.2, 0.25) is 0 Å². The molecule has 0 saturated heterocycles. The van der Waals surface area contributed by atoms with Crippen molar-refractivity contribution in [1.82, 2.24) is 0 Å². The maximum atomic E-state index is 2.21. The zero-order valence-electron chi connectivity index (χ0n) is 15.0. The van der Waals surface area contributed by atoms with Crippen LogP contribution in [0.15, 0.2) is 72.8 Å². The summed E-state index contributed by atoms with van der Waals surface area (Å²) in [5.74, 6) is 0. The maximum Gasteiger partial charge on any atom is 0.0213 e. The smallest absolute Gasteiger partial charge is 0.0213 e. The van der Waals surface area contributed by atoms with Crippen molar-refractivity contribution in [3.8, 4) is 0 Å². The van der Waals surface area contributed by atoms with Crippen LogP contribution in [0.5, 0.6) is 0 Å². The standard InChI is InChI=1S/2C10H9.C2H7Si.Hf/c2*1-8-6-9-4-2-3-5-10(9)7-8;1-3-2;/h2*2-7H,1H3;3H,1-2H3;/q2*-1;;. The SMILES string of the molecule is C[SiH]C.Cc1cc2ccccc2[cH-]1.Cc1cc2ccccc2[cH-]1.[Hf]. The number of fused-ring (bicyclic) bond motifs is 2. The molecule has 0 bridgehead atoms. The molecule has 1 radical (unpaired) electrons. The van der Waals surface area contributed by atoms with Gasteiger partial charge in [-0.15, -0.1) is 81.2 Å². The summed E-state index contributed by atoms with van der Waals surface area (Å²) < 4.78 is 0. The van der Waals surface area contributed by atoms with E-state index in [4.69, 9.17) is 0 Å². The van der Waals surface area contributed by atoms with Gasteiger partial charge in [-0.2, -0.15) is 12.1 Å². The van der Waals surface area contributed by atoms with Crippen LogP contribution in [0.3, 0.4) is 0 Å². The molecule has 0 heterocycles. The zero-order valence-corrected chi connectivity index (χ0v) is 19.8. The average molecular weight is 496 g/mol. The molecule has 0 amide bonds. The maximum absolute atomic E-state index is 2.21. The minimum absolute atomic E-state index is 0. The molecule has 0 aromatic heterocycles. The van der Waals surface area contributed by atoms with E-state index in [1.54, 1.807) is 0 Å². The summed E-state index contributed by atoms with van der Waals surface area (Å²) in [6.07, 6.45) is 0. The molecule has 24 heavy (non-hydrogen) atoms. The van der Waals surface area contributed by atoms with Gasteiger partial charge >= 0.3 is 0 Å². The van der Waals surface area contributed by atoms with Crippen molar-refractivity contribution in [2.45, 2.75) is 26.9 Å². The van der Waals surface area contributed by atoms with Crippen LogP contribution in [-0.4, -0.2) is 9.52 Å². The van der Waals surface area contributed by atoms with Crippen LogP contribution in [0.1, 0.15) is 11.1 Å². The van der Waals surface area contributed by atoms with Crippen molar-refractivity contribution in [3.05, 3.63) is 83.9 Å². The molecule has 2 heteroatoms. The Balaban J connectivity index is 0.000000200. The molecule has 123 valence electrons. The number of hydrogen-bond acceptors (Lipinski definition) is 0.